The number of carbonyl (C=O) groups is 1. The molecule has 6 nitrogen and oxygen atoms in total. The van der Waals surface area contributed by atoms with Gasteiger partial charge in [0.05, 0.1) is 5.69 Å². The van der Waals surface area contributed by atoms with E-state index in [9.17, 15) is 18.0 Å². The minimum absolute atomic E-state index is 0.188. The molecule has 4 rings (SSSR count). The summed E-state index contributed by atoms with van der Waals surface area (Å²) in [6, 6.07) is 1.66. The molecule has 2 N–H and O–H groups in total. The van der Waals surface area contributed by atoms with Gasteiger partial charge in [-0.05, 0) is 69.4 Å². The molecule has 0 aliphatic heterocycles. The number of halogens is 3. The fourth-order valence-electron chi connectivity index (χ4n) is 4.76. The van der Waals surface area contributed by atoms with Gasteiger partial charge in [-0.15, -0.1) is 0 Å². The second kappa shape index (κ2) is 9.97. The van der Waals surface area contributed by atoms with E-state index >= 15 is 0 Å². The smallest absolute Gasteiger partial charge is 0.257 e. The number of fused-ring (bicyclic) bond motifs is 1. The molecule has 1 heterocycles. The third-order valence-corrected chi connectivity index (χ3v) is 6.59. The Bertz CT molecular complexity index is 1020. The molecule has 0 spiro atoms. The molecular weight excluding hydrogens is 431 g/mol. The first-order valence-electron chi connectivity index (χ1n) is 11.6. The fourth-order valence-corrected chi connectivity index (χ4v) is 4.76. The predicted octanol–water partition coefficient (Wildman–Crippen LogP) is 4.24. The van der Waals surface area contributed by atoms with Gasteiger partial charge in [0.25, 0.3) is 5.91 Å². The molecule has 0 bridgehead atoms. The van der Waals surface area contributed by atoms with E-state index in [-0.39, 0.29) is 12.0 Å². The van der Waals surface area contributed by atoms with E-state index in [1.54, 1.807) is 0 Å². The molecule has 1 saturated carbocycles. The molecule has 0 atom stereocenters. The van der Waals surface area contributed by atoms with Gasteiger partial charge in [0.1, 0.15) is 17.2 Å². The Kier molecular flexibility index (Phi) is 7.05. The molecule has 1 aromatic carbocycles. The average Bonchev–Trinajstić information content (AvgIpc) is 2.80. The van der Waals surface area contributed by atoms with Crippen LogP contribution in [0.25, 0.3) is 0 Å². The van der Waals surface area contributed by atoms with Crippen LogP contribution in [0, 0.1) is 23.4 Å². The molecule has 0 saturated heterocycles. The molecule has 178 valence electrons. The van der Waals surface area contributed by atoms with Crippen LogP contribution in [0.4, 0.5) is 24.9 Å². The number of nitrogens with zero attached hydrogens (tertiary/aromatic N) is 3. The molecule has 9 heteroatoms. The topological polar surface area (TPSA) is 70.2 Å². The number of anilines is 2. The van der Waals surface area contributed by atoms with Gasteiger partial charge in [-0.2, -0.15) is 4.98 Å². The monoisotopic (exact) mass is 461 g/mol. The van der Waals surface area contributed by atoms with Gasteiger partial charge in [0.2, 0.25) is 5.95 Å². The molecule has 0 unspecified atom stereocenters. The van der Waals surface area contributed by atoms with Gasteiger partial charge in [-0.3, -0.25) is 4.79 Å². The summed E-state index contributed by atoms with van der Waals surface area (Å²) in [5.41, 5.74) is 1.52. The number of hydrogen-bond acceptors (Lipinski definition) is 5. The van der Waals surface area contributed by atoms with Crippen LogP contribution in [0.5, 0.6) is 0 Å². The number of benzene rings is 1. The van der Waals surface area contributed by atoms with Crippen molar-refractivity contribution in [3.63, 3.8) is 0 Å². The summed E-state index contributed by atoms with van der Waals surface area (Å²) in [5.74, 6) is -2.86. The second-order valence-corrected chi connectivity index (χ2v) is 9.19. The number of hydrogen-bond donors (Lipinski definition) is 2. The standard InChI is InChI=1S/C24H30F3N5O/c1-32(2)22-16-5-3-4-6-19(16)30-24(31-22)29-15-9-7-14(8-10-15)13-28-23(33)20-17(25)11-12-18(26)21(20)27/h11-12,14-15H,3-10,13H2,1-2H3,(H,28,33)(H,29,30,31). The highest BCUT2D eigenvalue weighted by atomic mass is 19.2. The zero-order valence-electron chi connectivity index (χ0n) is 19.1. The first-order chi connectivity index (χ1) is 15.8. The summed E-state index contributed by atoms with van der Waals surface area (Å²) >= 11 is 0. The highest BCUT2D eigenvalue weighted by Gasteiger charge is 2.26. The Morgan fingerprint density at radius 2 is 1.73 bits per heavy atom. The Morgan fingerprint density at radius 1 is 1.03 bits per heavy atom. The molecular formula is C24H30F3N5O. The van der Waals surface area contributed by atoms with Gasteiger partial charge >= 0.3 is 0 Å². The van der Waals surface area contributed by atoms with Crippen LogP contribution in [0.2, 0.25) is 0 Å². The number of rotatable bonds is 6. The maximum absolute atomic E-state index is 13.8. The summed E-state index contributed by atoms with van der Waals surface area (Å²) in [6.45, 7) is 0.293. The van der Waals surface area contributed by atoms with E-state index in [0.29, 0.717) is 18.6 Å². The van der Waals surface area contributed by atoms with Crippen molar-refractivity contribution < 1.29 is 18.0 Å². The fraction of sp³-hybridized carbons (Fsp3) is 0.542. The van der Waals surface area contributed by atoms with Crippen molar-refractivity contribution in [1.29, 1.82) is 0 Å². The SMILES string of the molecule is CN(C)c1nc(NC2CCC(CNC(=O)c3c(F)ccc(F)c3F)CC2)nc2c1CCCC2. The Morgan fingerprint density at radius 3 is 2.45 bits per heavy atom. The van der Waals surface area contributed by atoms with E-state index in [2.05, 4.69) is 10.6 Å². The van der Waals surface area contributed by atoms with Crippen molar-refractivity contribution in [2.24, 2.45) is 5.92 Å². The van der Waals surface area contributed by atoms with Crippen LogP contribution in [0.3, 0.4) is 0 Å². The van der Waals surface area contributed by atoms with E-state index in [1.807, 2.05) is 19.0 Å². The molecule has 1 aromatic heterocycles. The number of carbonyl (C=O) groups excluding carboxylic acids is 1. The highest BCUT2D eigenvalue weighted by molar-refractivity contribution is 5.94. The summed E-state index contributed by atoms with van der Waals surface area (Å²) < 4.78 is 41.0. The average molecular weight is 462 g/mol. The first-order valence-corrected chi connectivity index (χ1v) is 11.6. The van der Waals surface area contributed by atoms with E-state index in [1.165, 1.54) is 12.0 Å². The van der Waals surface area contributed by atoms with Crippen molar-refractivity contribution in [3.8, 4) is 0 Å². The van der Waals surface area contributed by atoms with Crippen LogP contribution in [0.15, 0.2) is 12.1 Å². The zero-order chi connectivity index (χ0) is 23.5. The molecule has 2 aromatic rings. The lowest BCUT2D eigenvalue weighted by molar-refractivity contribution is 0.0933. The van der Waals surface area contributed by atoms with Crippen molar-refractivity contribution in [1.82, 2.24) is 15.3 Å². The quantitative estimate of drug-likeness (QED) is 0.630. The lowest BCUT2D eigenvalue weighted by Crippen LogP contribution is -2.35. The lowest BCUT2D eigenvalue weighted by Gasteiger charge is -2.30. The molecule has 0 radical (unpaired) electrons. The molecule has 1 amide bonds. The number of amides is 1. The van der Waals surface area contributed by atoms with Crippen LogP contribution < -0.4 is 15.5 Å². The Hall–Kier alpha value is -2.84. The second-order valence-electron chi connectivity index (χ2n) is 9.19. The maximum Gasteiger partial charge on any atom is 0.257 e. The Balaban J connectivity index is 1.31. The number of aryl methyl sites for hydroxylation is 1. The van der Waals surface area contributed by atoms with E-state index in [0.717, 1.165) is 62.5 Å². The van der Waals surface area contributed by atoms with Gasteiger partial charge in [-0.25, -0.2) is 18.2 Å². The highest BCUT2D eigenvalue weighted by Crippen LogP contribution is 2.30. The van der Waals surface area contributed by atoms with Crippen molar-refractivity contribution >= 4 is 17.7 Å². The molecule has 2 aliphatic carbocycles. The van der Waals surface area contributed by atoms with Crippen LogP contribution in [-0.4, -0.2) is 42.6 Å². The van der Waals surface area contributed by atoms with Gasteiger partial charge in [-0.1, -0.05) is 0 Å². The first kappa shape index (κ1) is 23.3. The van der Waals surface area contributed by atoms with Gasteiger partial charge in [0, 0.05) is 32.2 Å². The molecule has 2 aliphatic rings. The largest absolute Gasteiger partial charge is 0.362 e. The minimum atomic E-state index is -1.46. The summed E-state index contributed by atoms with van der Waals surface area (Å²) in [7, 11) is 4.00. The normalized spacial score (nSPS) is 20.2. The predicted molar refractivity (Wildman–Crippen MR) is 121 cm³/mol. The lowest BCUT2D eigenvalue weighted by atomic mass is 9.86. The van der Waals surface area contributed by atoms with E-state index in [4.69, 9.17) is 9.97 Å². The van der Waals surface area contributed by atoms with Crippen molar-refractivity contribution in [2.75, 3.05) is 30.9 Å². The van der Waals surface area contributed by atoms with Gasteiger partial charge < -0.3 is 15.5 Å². The third kappa shape index (κ3) is 5.23. The van der Waals surface area contributed by atoms with Crippen LogP contribution in [0.1, 0.15) is 60.1 Å². The summed E-state index contributed by atoms with van der Waals surface area (Å²) in [6.07, 6.45) is 7.76. The summed E-state index contributed by atoms with van der Waals surface area (Å²) in [4.78, 5) is 23.8. The maximum atomic E-state index is 13.8. The minimum Gasteiger partial charge on any atom is -0.362 e. The van der Waals surface area contributed by atoms with Gasteiger partial charge in [0.15, 0.2) is 11.6 Å². The van der Waals surface area contributed by atoms with Crippen molar-refractivity contribution in [3.05, 3.63) is 46.4 Å². The zero-order valence-corrected chi connectivity index (χ0v) is 19.1. The Labute approximate surface area is 192 Å². The third-order valence-electron chi connectivity index (χ3n) is 6.59. The van der Waals surface area contributed by atoms with E-state index < -0.39 is 28.9 Å². The summed E-state index contributed by atoms with van der Waals surface area (Å²) in [5, 5.41) is 6.04. The number of aromatic nitrogens is 2. The number of nitrogens with one attached hydrogen (secondary N) is 2. The van der Waals surface area contributed by atoms with Crippen LogP contribution in [-0.2, 0) is 12.8 Å². The van der Waals surface area contributed by atoms with Crippen LogP contribution >= 0.6 is 0 Å². The molecule has 1 fully saturated rings. The van der Waals surface area contributed by atoms with Crippen molar-refractivity contribution in [2.45, 2.75) is 57.4 Å². The molecule has 33 heavy (non-hydrogen) atoms.